The highest BCUT2D eigenvalue weighted by Gasteiger charge is 2.19. The van der Waals surface area contributed by atoms with Gasteiger partial charge in [0.15, 0.2) is 5.76 Å². The first-order valence-electron chi connectivity index (χ1n) is 6.22. The van der Waals surface area contributed by atoms with E-state index in [4.69, 9.17) is 4.42 Å². The third-order valence-corrected chi connectivity index (χ3v) is 2.67. The minimum atomic E-state index is -0.782. The number of fused-ring (bicyclic) bond motifs is 1. The molecule has 21 heavy (non-hydrogen) atoms. The van der Waals surface area contributed by atoms with Gasteiger partial charge in [-0.2, -0.15) is 0 Å². The molecule has 0 saturated carbocycles. The third kappa shape index (κ3) is 3.25. The highest BCUT2D eigenvalue weighted by Crippen LogP contribution is 2.19. The van der Waals surface area contributed by atoms with Crippen LogP contribution in [0.25, 0.3) is 10.8 Å². The number of nitro benzene ring substituents is 1. The lowest BCUT2D eigenvalue weighted by molar-refractivity contribution is -0.384. The number of nitrogens with one attached hydrogen (secondary N) is 1. The lowest BCUT2D eigenvalue weighted by atomic mass is 10.1. The molecule has 0 unspecified atom stereocenters. The van der Waals surface area contributed by atoms with Gasteiger partial charge in [0, 0.05) is 17.7 Å². The van der Waals surface area contributed by atoms with E-state index in [9.17, 15) is 19.7 Å². The minimum Gasteiger partial charge on any atom is -0.417 e. The number of rotatable bonds is 2. The number of hydrogen-bond donors (Lipinski definition) is 1. The summed E-state index contributed by atoms with van der Waals surface area (Å²) in [5, 5.41) is 13.9. The van der Waals surface area contributed by atoms with Crippen LogP contribution in [-0.4, -0.2) is 16.4 Å². The Bertz CT molecular complexity index is 786. The molecule has 1 aromatic heterocycles. The van der Waals surface area contributed by atoms with E-state index in [1.807, 2.05) is 0 Å². The monoisotopic (exact) mass is 290 g/mol. The van der Waals surface area contributed by atoms with Crippen LogP contribution in [0.5, 0.6) is 0 Å². The zero-order valence-electron chi connectivity index (χ0n) is 11.8. The third-order valence-electron chi connectivity index (χ3n) is 2.67. The number of nitro groups is 1. The van der Waals surface area contributed by atoms with Gasteiger partial charge in [-0.25, -0.2) is 4.79 Å². The molecule has 0 aliphatic heterocycles. The van der Waals surface area contributed by atoms with Crippen molar-refractivity contribution in [3.05, 3.63) is 50.6 Å². The van der Waals surface area contributed by atoms with Gasteiger partial charge in [-0.05, 0) is 38.3 Å². The number of benzene rings is 1. The number of nitrogens with zero attached hydrogens (tertiary/aromatic N) is 1. The molecule has 0 radical (unpaired) electrons. The summed E-state index contributed by atoms with van der Waals surface area (Å²) in [4.78, 5) is 34.0. The van der Waals surface area contributed by atoms with Gasteiger partial charge in [-0.1, -0.05) is 0 Å². The molecule has 0 aliphatic carbocycles. The molecule has 0 aliphatic rings. The topological polar surface area (TPSA) is 102 Å². The van der Waals surface area contributed by atoms with Crippen LogP contribution in [0.4, 0.5) is 5.69 Å². The maximum absolute atomic E-state index is 12.0. The fraction of sp³-hybridized carbons (Fsp3) is 0.286. The molecule has 1 aromatic carbocycles. The number of carbonyl (C=O) groups excluding carboxylic acids is 1. The van der Waals surface area contributed by atoms with Gasteiger partial charge in [0.2, 0.25) is 0 Å². The second kappa shape index (κ2) is 5.01. The van der Waals surface area contributed by atoms with Gasteiger partial charge in [0.1, 0.15) is 0 Å². The van der Waals surface area contributed by atoms with Crippen LogP contribution in [-0.2, 0) is 0 Å². The maximum Gasteiger partial charge on any atom is 0.344 e. The number of non-ortho nitro benzene ring substituents is 1. The zero-order chi connectivity index (χ0) is 15.8. The Labute approximate surface area is 119 Å². The Morgan fingerprint density at radius 2 is 1.95 bits per heavy atom. The van der Waals surface area contributed by atoms with Crippen LogP contribution >= 0.6 is 0 Å². The fourth-order valence-corrected chi connectivity index (χ4v) is 1.80. The first-order chi connectivity index (χ1) is 9.67. The van der Waals surface area contributed by atoms with Crippen molar-refractivity contribution < 1.29 is 14.1 Å². The number of hydrogen-bond acceptors (Lipinski definition) is 5. The van der Waals surface area contributed by atoms with Crippen LogP contribution < -0.4 is 10.9 Å². The molecule has 110 valence electrons. The van der Waals surface area contributed by atoms with E-state index >= 15 is 0 Å². The minimum absolute atomic E-state index is 0.0662. The largest absolute Gasteiger partial charge is 0.417 e. The summed E-state index contributed by atoms with van der Waals surface area (Å²) in [7, 11) is 0. The summed E-state index contributed by atoms with van der Waals surface area (Å²) in [6.07, 6.45) is 0. The number of amides is 1. The van der Waals surface area contributed by atoms with E-state index in [1.54, 1.807) is 20.8 Å². The molecule has 1 heterocycles. The van der Waals surface area contributed by atoms with Gasteiger partial charge < -0.3 is 9.73 Å². The SMILES string of the molecule is CC(C)(C)NC(=O)c1cc2ccc([N+](=O)[O-])cc2c(=O)o1. The quantitative estimate of drug-likeness (QED) is 0.674. The molecule has 0 saturated heterocycles. The Morgan fingerprint density at radius 3 is 2.52 bits per heavy atom. The Balaban J connectivity index is 2.51. The van der Waals surface area contributed by atoms with E-state index in [-0.39, 0.29) is 16.8 Å². The predicted octanol–water partition coefficient (Wildman–Crippen LogP) is 2.23. The summed E-state index contributed by atoms with van der Waals surface area (Å²) in [5.41, 5.74) is -1.46. The fourth-order valence-electron chi connectivity index (χ4n) is 1.80. The van der Waals surface area contributed by atoms with Gasteiger partial charge in [0.25, 0.3) is 11.6 Å². The highest BCUT2D eigenvalue weighted by atomic mass is 16.6. The summed E-state index contributed by atoms with van der Waals surface area (Å²) in [6, 6.07) is 5.21. The molecule has 2 aromatic rings. The van der Waals surface area contributed by atoms with Crippen molar-refractivity contribution in [1.29, 1.82) is 0 Å². The maximum atomic E-state index is 12.0. The van der Waals surface area contributed by atoms with Crippen molar-refractivity contribution in [2.45, 2.75) is 26.3 Å². The molecular weight excluding hydrogens is 276 g/mol. The molecule has 1 N–H and O–H groups in total. The van der Waals surface area contributed by atoms with Crippen LogP contribution in [0.1, 0.15) is 31.3 Å². The Kier molecular flexibility index (Phi) is 3.51. The molecule has 2 rings (SSSR count). The Morgan fingerprint density at radius 1 is 1.29 bits per heavy atom. The molecule has 0 bridgehead atoms. The first kappa shape index (κ1) is 14.7. The van der Waals surface area contributed by atoms with E-state index < -0.39 is 22.0 Å². The Hall–Kier alpha value is -2.70. The van der Waals surface area contributed by atoms with Crippen molar-refractivity contribution in [2.24, 2.45) is 0 Å². The summed E-state index contributed by atoms with van der Waals surface area (Å²) in [6.45, 7) is 5.40. The van der Waals surface area contributed by atoms with E-state index in [0.717, 1.165) is 6.07 Å². The van der Waals surface area contributed by atoms with Crippen LogP contribution in [0, 0.1) is 10.1 Å². The molecular formula is C14H14N2O5. The smallest absolute Gasteiger partial charge is 0.344 e. The van der Waals surface area contributed by atoms with Crippen molar-refractivity contribution in [3.8, 4) is 0 Å². The van der Waals surface area contributed by atoms with Gasteiger partial charge in [-0.3, -0.25) is 14.9 Å². The lowest BCUT2D eigenvalue weighted by Gasteiger charge is -2.19. The van der Waals surface area contributed by atoms with E-state index in [2.05, 4.69) is 5.32 Å². The summed E-state index contributed by atoms with van der Waals surface area (Å²) >= 11 is 0. The van der Waals surface area contributed by atoms with E-state index in [0.29, 0.717) is 5.39 Å². The normalized spacial score (nSPS) is 11.4. The molecule has 0 fully saturated rings. The standard InChI is InChI=1S/C14H14N2O5/c1-14(2,3)15-12(17)11-6-8-4-5-9(16(19)20)7-10(8)13(18)21-11/h4-7H,1-3H3,(H,15,17). The molecule has 0 spiro atoms. The molecule has 7 nitrogen and oxygen atoms in total. The molecule has 0 atom stereocenters. The van der Waals surface area contributed by atoms with Crippen molar-refractivity contribution in [1.82, 2.24) is 5.32 Å². The molecule has 1 amide bonds. The van der Waals surface area contributed by atoms with Crippen LogP contribution in [0.3, 0.4) is 0 Å². The molecule has 7 heteroatoms. The van der Waals surface area contributed by atoms with Gasteiger partial charge in [-0.15, -0.1) is 0 Å². The average Bonchev–Trinajstić information content (AvgIpc) is 2.36. The van der Waals surface area contributed by atoms with Crippen LogP contribution in [0.15, 0.2) is 33.5 Å². The highest BCUT2D eigenvalue weighted by molar-refractivity contribution is 5.95. The van der Waals surface area contributed by atoms with Crippen molar-refractivity contribution in [3.63, 3.8) is 0 Å². The van der Waals surface area contributed by atoms with Gasteiger partial charge in [0.05, 0.1) is 10.3 Å². The first-order valence-corrected chi connectivity index (χ1v) is 6.22. The second-order valence-corrected chi connectivity index (χ2v) is 5.63. The number of carbonyl (C=O) groups is 1. The van der Waals surface area contributed by atoms with Crippen molar-refractivity contribution >= 4 is 22.4 Å². The van der Waals surface area contributed by atoms with Gasteiger partial charge >= 0.3 is 5.63 Å². The predicted molar refractivity (Wildman–Crippen MR) is 76.4 cm³/mol. The van der Waals surface area contributed by atoms with E-state index in [1.165, 1.54) is 18.2 Å². The summed E-state index contributed by atoms with van der Waals surface area (Å²) in [5.74, 6) is -0.642. The lowest BCUT2D eigenvalue weighted by Crippen LogP contribution is -2.40. The second-order valence-electron chi connectivity index (χ2n) is 5.63. The average molecular weight is 290 g/mol. The van der Waals surface area contributed by atoms with Crippen LogP contribution in [0.2, 0.25) is 0 Å². The summed E-state index contributed by atoms with van der Waals surface area (Å²) < 4.78 is 4.94. The zero-order valence-corrected chi connectivity index (χ0v) is 11.8. The van der Waals surface area contributed by atoms with Crippen molar-refractivity contribution in [2.75, 3.05) is 0 Å².